The Balaban J connectivity index is 2.19. The number of nitrogens with zero attached hydrogens (tertiary/aromatic N) is 2. The summed E-state index contributed by atoms with van der Waals surface area (Å²) in [5, 5.41) is 0. The van der Waals surface area contributed by atoms with Crippen LogP contribution in [0.2, 0.25) is 0 Å². The summed E-state index contributed by atoms with van der Waals surface area (Å²) in [5.74, 6) is 0. The molecule has 2 N–H and O–H groups in total. The Hall–Kier alpha value is -1.55. The third-order valence-electron chi connectivity index (χ3n) is 2.83. The molecule has 0 spiro atoms. The Morgan fingerprint density at radius 3 is 1.74 bits per heavy atom. The van der Waals surface area contributed by atoms with Crippen LogP contribution in [0.5, 0.6) is 0 Å². The van der Waals surface area contributed by atoms with Crippen molar-refractivity contribution in [2.24, 2.45) is 0 Å². The van der Waals surface area contributed by atoms with Gasteiger partial charge in [-0.3, -0.25) is 4.57 Å². The molecule has 0 atom stereocenters. The molecule has 0 saturated carbocycles. The summed E-state index contributed by atoms with van der Waals surface area (Å²) >= 11 is 0. The molecule has 0 radical (unpaired) electrons. The van der Waals surface area contributed by atoms with E-state index in [9.17, 15) is 4.57 Å². The Bertz CT molecular complexity index is 590. The minimum atomic E-state index is -4.03. The van der Waals surface area contributed by atoms with Gasteiger partial charge in [0.25, 0.3) is 0 Å². The third-order valence-corrected chi connectivity index (χ3v) is 3.52. The van der Waals surface area contributed by atoms with E-state index in [4.69, 9.17) is 9.79 Å². The van der Waals surface area contributed by atoms with Gasteiger partial charge in [-0.05, 0) is 18.1 Å². The van der Waals surface area contributed by atoms with Crippen LogP contribution in [0.4, 0.5) is 0 Å². The zero-order chi connectivity index (χ0) is 13.9. The van der Waals surface area contributed by atoms with E-state index in [0.29, 0.717) is 0 Å². The maximum atomic E-state index is 10.9. The quantitative estimate of drug-likeness (QED) is 0.650. The summed E-state index contributed by atoms with van der Waals surface area (Å²) in [6, 6.07) is 7.74. The Labute approximate surface area is 111 Å². The largest absolute Gasteiger partial charge is 0.390 e. The van der Waals surface area contributed by atoms with Crippen LogP contribution >= 0.6 is 7.60 Å². The predicted molar refractivity (Wildman–Crippen MR) is 70.0 cm³/mol. The van der Waals surface area contributed by atoms with Crippen molar-refractivity contribution in [2.45, 2.75) is 19.8 Å². The van der Waals surface area contributed by atoms with Crippen molar-refractivity contribution in [1.82, 2.24) is 0 Å². The SMILES string of the molecule is CC[n+]1ccc(-c2cc[n+](CP(=O)(O)O)cc2)cc1. The zero-order valence-corrected chi connectivity index (χ0v) is 11.6. The van der Waals surface area contributed by atoms with Gasteiger partial charge in [-0.15, -0.1) is 0 Å². The topological polar surface area (TPSA) is 65.3 Å². The van der Waals surface area contributed by atoms with Crippen molar-refractivity contribution < 1.29 is 23.5 Å². The molecule has 100 valence electrons. The highest BCUT2D eigenvalue weighted by Gasteiger charge is 2.19. The van der Waals surface area contributed by atoms with E-state index < -0.39 is 7.60 Å². The van der Waals surface area contributed by atoms with Crippen molar-refractivity contribution >= 4 is 7.60 Å². The molecule has 0 aliphatic heterocycles. The number of hydrogen-bond donors (Lipinski definition) is 2. The number of pyridine rings is 2. The third kappa shape index (κ3) is 3.96. The van der Waals surface area contributed by atoms with Crippen LogP contribution in [-0.4, -0.2) is 9.79 Å². The van der Waals surface area contributed by atoms with E-state index in [2.05, 4.69) is 11.5 Å². The molecule has 2 aromatic heterocycles. The number of hydrogen-bond acceptors (Lipinski definition) is 1. The van der Waals surface area contributed by atoms with E-state index in [1.165, 1.54) is 4.57 Å². The first-order chi connectivity index (χ1) is 8.98. The second-order valence-electron chi connectivity index (χ2n) is 4.32. The molecule has 0 amide bonds. The number of aromatic nitrogens is 2. The van der Waals surface area contributed by atoms with Crippen molar-refractivity contribution in [3.05, 3.63) is 49.1 Å². The Morgan fingerprint density at radius 1 is 0.947 bits per heavy atom. The van der Waals surface area contributed by atoms with Crippen LogP contribution in [0.15, 0.2) is 49.1 Å². The van der Waals surface area contributed by atoms with Gasteiger partial charge in [0.05, 0.1) is 0 Å². The fraction of sp³-hybridized carbons (Fsp3) is 0.231. The van der Waals surface area contributed by atoms with Gasteiger partial charge in [-0.1, -0.05) is 0 Å². The lowest BCUT2D eigenvalue weighted by Gasteiger charge is -2.02. The molecule has 0 fully saturated rings. The average Bonchev–Trinajstić information content (AvgIpc) is 2.38. The lowest BCUT2D eigenvalue weighted by atomic mass is 10.1. The van der Waals surface area contributed by atoms with Crippen molar-refractivity contribution in [1.29, 1.82) is 0 Å². The zero-order valence-electron chi connectivity index (χ0n) is 10.7. The fourth-order valence-corrected chi connectivity index (χ4v) is 2.43. The van der Waals surface area contributed by atoms with Crippen LogP contribution in [-0.2, 0) is 17.4 Å². The summed E-state index contributed by atoms with van der Waals surface area (Å²) in [6.45, 7) is 3.00. The molecule has 0 unspecified atom stereocenters. The highest BCUT2D eigenvalue weighted by Crippen LogP contribution is 2.33. The standard InChI is InChI=1S/C13H15N2O3P/c1-2-14-7-3-12(4-8-14)13-5-9-15(10-6-13)11-19(16,17)18/h3-10H,2,11H2,1H3/p+2. The molecule has 0 aliphatic rings. The second-order valence-corrected chi connectivity index (χ2v) is 5.94. The number of rotatable bonds is 4. The Kier molecular flexibility index (Phi) is 4.10. The van der Waals surface area contributed by atoms with Crippen LogP contribution < -0.4 is 9.13 Å². The van der Waals surface area contributed by atoms with Crippen LogP contribution in [0.3, 0.4) is 0 Å². The highest BCUT2D eigenvalue weighted by molar-refractivity contribution is 7.50. The van der Waals surface area contributed by atoms with E-state index in [1.807, 2.05) is 36.7 Å². The number of aryl methyl sites for hydroxylation is 1. The summed E-state index contributed by atoms with van der Waals surface area (Å²) < 4.78 is 14.5. The van der Waals surface area contributed by atoms with Gasteiger partial charge < -0.3 is 9.79 Å². The monoisotopic (exact) mass is 280 g/mol. The highest BCUT2D eigenvalue weighted by atomic mass is 31.2. The summed E-state index contributed by atoms with van der Waals surface area (Å²) in [6.07, 6.45) is 7.07. The molecule has 0 bridgehead atoms. The van der Waals surface area contributed by atoms with Gasteiger partial charge in [0.15, 0.2) is 24.8 Å². The normalized spacial score (nSPS) is 11.5. The molecule has 0 aromatic carbocycles. The molecule has 0 aliphatic carbocycles. The van der Waals surface area contributed by atoms with E-state index >= 15 is 0 Å². The van der Waals surface area contributed by atoms with E-state index in [0.717, 1.165) is 17.7 Å². The first-order valence-corrected chi connectivity index (χ1v) is 7.81. The van der Waals surface area contributed by atoms with Crippen molar-refractivity contribution in [2.75, 3.05) is 0 Å². The van der Waals surface area contributed by atoms with Gasteiger partial charge in [0.1, 0.15) is 6.54 Å². The Morgan fingerprint density at radius 2 is 1.37 bits per heavy atom. The molecule has 5 nitrogen and oxygen atoms in total. The van der Waals surface area contributed by atoms with Gasteiger partial charge >= 0.3 is 7.60 Å². The second kappa shape index (κ2) is 5.61. The van der Waals surface area contributed by atoms with Crippen molar-refractivity contribution in [3.8, 4) is 11.1 Å². The first-order valence-electron chi connectivity index (χ1n) is 6.01. The molecule has 2 aromatic rings. The fourth-order valence-electron chi connectivity index (χ4n) is 1.82. The lowest BCUT2D eigenvalue weighted by Crippen LogP contribution is -2.32. The maximum Gasteiger partial charge on any atom is 0.390 e. The van der Waals surface area contributed by atoms with Crippen molar-refractivity contribution in [3.63, 3.8) is 0 Å². The molecule has 19 heavy (non-hydrogen) atoms. The lowest BCUT2D eigenvalue weighted by molar-refractivity contribution is -0.693. The molecule has 6 heteroatoms. The summed E-state index contributed by atoms with van der Waals surface area (Å²) in [4.78, 5) is 17.8. The smallest absolute Gasteiger partial charge is 0.320 e. The van der Waals surface area contributed by atoms with Gasteiger partial charge in [-0.25, -0.2) is 4.57 Å². The molecule has 2 rings (SSSR count). The minimum Gasteiger partial charge on any atom is -0.320 e. The minimum absolute atomic E-state index is 0.294. The van der Waals surface area contributed by atoms with E-state index in [1.54, 1.807) is 12.4 Å². The molecular formula is C13H17N2O3P+2. The molecule has 2 heterocycles. The average molecular weight is 280 g/mol. The van der Waals surface area contributed by atoms with Crippen LogP contribution in [0.25, 0.3) is 11.1 Å². The molecular weight excluding hydrogens is 263 g/mol. The van der Waals surface area contributed by atoms with Gasteiger partial charge in [0, 0.05) is 24.3 Å². The van der Waals surface area contributed by atoms with E-state index in [-0.39, 0.29) is 6.29 Å². The van der Waals surface area contributed by atoms with Gasteiger partial charge in [0.2, 0.25) is 6.29 Å². The summed E-state index contributed by atoms with van der Waals surface area (Å²) in [7, 11) is -4.03. The first kappa shape index (κ1) is 13.9. The van der Waals surface area contributed by atoms with Gasteiger partial charge in [-0.2, -0.15) is 4.57 Å². The summed E-state index contributed by atoms with van der Waals surface area (Å²) in [5.41, 5.74) is 2.10. The van der Waals surface area contributed by atoms with Crippen LogP contribution in [0.1, 0.15) is 6.92 Å². The molecule has 0 saturated heterocycles. The predicted octanol–water partition coefficient (Wildman–Crippen LogP) is 1.08. The van der Waals surface area contributed by atoms with Crippen LogP contribution in [0, 0.1) is 0 Å². The maximum absolute atomic E-state index is 10.9.